The smallest absolute Gasteiger partial charge is 0.225 e. The van der Waals surface area contributed by atoms with E-state index in [4.69, 9.17) is 0 Å². The first-order valence-electron chi connectivity index (χ1n) is 8.22. The topological polar surface area (TPSA) is 59.7 Å². The molecule has 4 rings (SSSR count). The predicted molar refractivity (Wildman–Crippen MR) is 94.4 cm³/mol. The lowest BCUT2D eigenvalue weighted by molar-refractivity contribution is 0.470. The van der Waals surface area contributed by atoms with Crippen molar-refractivity contribution in [3.8, 4) is 0 Å². The van der Waals surface area contributed by atoms with Crippen LogP contribution in [0.1, 0.15) is 36.0 Å². The van der Waals surface area contributed by atoms with Crippen molar-refractivity contribution in [3.63, 3.8) is 0 Å². The second kappa shape index (κ2) is 6.68. The van der Waals surface area contributed by atoms with Gasteiger partial charge in [0.2, 0.25) is 5.95 Å². The summed E-state index contributed by atoms with van der Waals surface area (Å²) in [5.74, 6) is 2.37. The standard InChI is InChI=1S/C17H20N6S/c1-13-4-5-19-17(21-13)23-7-2-3-14(9-23)16-18-6-8-22(16)10-15-11-24-12-20-15/h4-6,8,11-12,14H,2-3,7,9-10H2,1H3. The fraction of sp³-hybridized carbons (Fsp3) is 0.412. The van der Waals surface area contributed by atoms with Crippen molar-refractivity contribution in [1.29, 1.82) is 0 Å². The van der Waals surface area contributed by atoms with Crippen LogP contribution in [0.15, 0.2) is 35.5 Å². The zero-order valence-electron chi connectivity index (χ0n) is 13.7. The van der Waals surface area contributed by atoms with Crippen molar-refractivity contribution in [3.05, 3.63) is 52.8 Å². The van der Waals surface area contributed by atoms with E-state index in [1.54, 1.807) is 11.3 Å². The van der Waals surface area contributed by atoms with E-state index in [0.717, 1.165) is 55.6 Å². The molecule has 0 N–H and O–H groups in total. The van der Waals surface area contributed by atoms with Crippen LogP contribution >= 0.6 is 11.3 Å². The third-order valence-corrected chi connectivity index (χ3v) is 5.05. The Labute approximate surface area is 145 Å². The molecule has 1 saturated heterocycles. The molecule has 1 unspecified atom stereocenters. The average Bonchev–Trinajstić information content (AvgIpc) is 3.27. The molecular formula is C17H20N6S. The van der Waals surface area contributed by atoms with Crippen molar-refractivity contribution in [2.45, 2.75) is 32.2 Å². The number of thiazole rings is 1. The summed E-state index contributed by atoms with van der Waals surface area (Å²) in [6.07, 6.45) is 8.06. The average molecular weight is 340 g/mol. The van der Waals surface area contributed by atoms with Crippen LogP contribution in [0.3, 0.4) is 0 Å². The van der Waals surface area contributed by atoms with Crippen LogP contribution in [-0.4, -0.2) is 37.6 Å². The van der Waals surface area contributed by atoms with Crippen molar-refractivity contribution >= 4 is 17.3 Å². The Morgan fingerprint density at radius 2 is 2.21 bits per heavy atom. The second-order valence-corrected chi connectivity index (χ2v) is 6.89. The summed E-state index contributed by atoms with van der Waals surface area (Å²) in [5.41, 5.74) is 3.98. The maximum Gasteiger partial charge on any atom is 0.225 e. The largest absolute Gasteiger partial charge is 0.340 e. The van der Waals surface area contributed by atoms with Gasteiger partial charge in [-0.05, 0) is 25.8 Å². The molecule has 24 heavy (non-hydrogen) atoms. The molecule has 3 aromatic heterocycles. The van der Waals surface area contributed by atoms with Crippen LogP contribution < -0.4 is 4.90 Å². The zero-order valence-corrected chi connectivity index (χ0v) is 14.5. The molecule has 0 aromatic carbocycles. The molecule has 0 amide bonds. The van der Waals surface area contributed by atoms with E-state index in [2.05, 4.69) is 41.0 Å². The zero-order chi connectivity index (χ0) is 16.4. The van der Waals surface area contributed by atoms with Gasteiger partial charge in [0, 0.05) is 48.7 Å². The summed E-state index contributed by atoms with van der Waals surface area (Å²) in [6, 6.07) is 1.94. The Balaban J connectivity index is 1.53. The molecule has 1 aliphatic rings. The molecule has 6 nitrogen and oxygen atoms in total. The molecule has 1 atom stereocenters. The Hall–Kier alpha value is -2.28. The molecule has 124 valence electrons. The van der Waals surface area contributed by atoms with Gasteiger partial charge in [-0.25, -0.2) is 19.9 Å². The number of hydrogen-bond donors (Lipinski definition) is 0. The highest BCUT2D eigenvalue weighted by atomic mass is 32.1. The Bertz CT molecular complexity index is 797. The van der Waals surface area contributed by atoms with Crippen molar-refractivity contribution in [2.24, 2.45) is 0 Å². The van der Waals surface area contributed by atoms with Gasteiger partial charge in [-0.2, -0.15) is 0 Å². The first-order valence-corrected chi connectivity index (χ1v) is 9.16. The lowest BCUT2D eigenvalue weighted by atomic mass is 9.97. The first kappa shape index (κ1) is 15.3. The van der Waals surface area contributed by atoms with Crippen molar-refractivity contribution in [1.82, 2.24) is 24.5 Å². The van der Waals surface area contributed by atoms with E-state index < -0.39 is 0 Å². The SMILES string of the molecule is Cc1ccnc(N2CCCC(c3nccn3Cc3cscn3)C2)n1. The van der Waals surface area contributed by atoms with E-state index >= 15 is 0 Å². The lowest BCUT2D eigenvalue weighted by Crippen LogP contribution is -2.36. The summed E-state index contributed by atoms with van der Waals surface area (Å²) in [6.45, 7) is 4.72. The number of imidazole rings is 1. The minimum atomic E-state index is 0.400. The van der Waals surface area contributed by atoms with E-state index in [1.807, 2.05) is 30.9 Å². The van der Waals surface area contributed by atoms with Gasteiger partial charge in [-0.15, -0.1) is 11.3 Å². The quantitative estimate of drug-likeness (QED) is 0.731. The van der Waals surface area contributed by atoms with Gasteiger partial charge < -0.3 is 9.47 Å². The minimum Gasteiger partial charge on any atom is -0.340 e. The number of anilines is 1. The lowest BCUT2D eigenvalue weighted by Gasteiger charge is -2.32. The summed E-state index contributed by atoms with van der Waals surface area (Å²) < 4.78 is 2.22. The molecule has 0 aliphatic carbocycles. The van der Waals surface area contributed by atoms with Gasteiger partial charge >= 0.3 is 0 Å². The maximum atomic E-state index is 4.64. The van der Waals surface area contributed by atoms with Gasteiger partial charge in [-0.3, -0.25) is 0 Å². The maximum absolute atomic E-state index is 4.64. The second-order valence-electron chi connectivity index (χ2n) is 6.18. The molecule has 3 aromatic rings. The third-order valence-electron chi connectivity index (χ3n) is 4.41. The van der Waals surface area contributed by atoms with Crippen LogP contribution in [0.25, 0.3) is 0 Å². The fourth-order valence-corrected chi connectivity index (χ4v) is 3.81. The van der Waals surface area contributed by atoms with Crippen molar-refractivity contribution in [2.75, 3.05) is 18.0 Å². The van der Waals surface area contributed by atoms with E-state index in [9.17, 15) is 0 Å². The fourth-order valence-electron chi connectivity index (χ4n) is 3.26. The number of aromatic nitrogens is 5. The predicted octanol–water partition coefficient (Wildman–Crippen LogP) is 2.87. The first-order chi connectivity index (χ1) is 11.8. The summed E-state index contributed by atoms with van der Waals surface area (Å²) in [5, 5.41) is 2.09. The summed E-state index contributed by atoms with van der Waals surface area (Å²) in [4.78, 5) is 20.3. The highest BCUT2D eigenvalue weighted by molar-refractivity contribution is 7.07. The van der Waals surface area contributed by atoms with E-state index in [0.29, 0.717) is 5.92 Å². The molecule has 7 heteroatoms. The minimum absolute atomic E-state index is 0.400. The normalized spacial score (nSPS) is 18.0. The molecule has 0 saturated carbocycles. The molecule has 0 radical (unpaired) electrons. The molecule has 0 spiro atoms. The summed E-state index contributed by atoms with van der Waals surface area (Å²) in [7, 11) is 0. The third kappa shape index (κ3) is 3.17. The Morgan fingerprint density at radius 3 is 3.04 bits per heavy atom. The van der Waals surface area contributed by atoms with Crippen molar-refractivity contribution < 1.29 is 0 Å². The van der Waals surface area contributed by atoms with Gasteiger partial charge in [0.25, 0.3) is 0 Å². The number of piperidine rings is 1. The number of rotatable bonds is 4. The highest BCUT2D eigenvalue weighted by Gasteiger charge is 2.26. The van der Waals surface area contributed by atoms with Crippen LogP contribution in [-0.2, 0) is 6.54 Å². The Kier molecular flexibility index (Phi) is 4.25. The molecular weight excluding hydrogens is 320 g/mol. The van der Waals surface area contributed by atoms with E-state index in [-0.39, 0.29) is 0 Å². The number of aryl methyl sites for hydroxylation is 1. The highest BCUT2D eigenvalue weighted by Crippen LogP contribution is 2.28. The monoisotopic (exact) mass is 340 g/mol. The molecule has 4 heterocycles. The van der Waals surface area contributed by atoms with Crippen LogP contribution in [0.2, 0.25) is 0 Å². The molecule has 0 bridgehead atoms. The van der Waals surface area contributed by atoms with Gasteiger partial charge in [0.05, 0.1) is 17.7 Å². The molecule has 1 fully saturated rings. The Morgan fingerprint density at radius 1 is 1.25 bits per heavy atom. The summed E-state index contributed by atoms with van der Waals surface area (Å²) >= 11 is 1.63. The van der Waals surface area contributed by atoms with Crippen LogP contribution in [0, 0.1) is 6.92 Å². The van der Waals surface area contributed by atoms with Crippen LogP contribution in [0.5, 0.6) is 0 Å². The number of hydrogen-bond acceptors (Lipinski definition) is 6. The van der Waals surface area contributed by atoms with Gasteiger partial charge in [0.1, 0.15) is 5.82 Å². The van der Waals surface area contributed by atoms with Gasteiger partial charge in [-0.1, -0.05) is 0 Å². The van der Waals surface area contributed by atoms with E-state index in [1.165, 1.54) is 0 Å². The van der Waals surface area contributed by atoms with Gasteiger partial charge in [0.15, 0.2) is 0 Å². The number of nitrogens with zero attached hydrogens (tertiary/aromatic N) is 6. The van der Waals surface area contributed by atoms with Crippen LogP contribution in [0.4, 0.5) is 5.95 Å². The molecule has 1 aliphatic heterocycles.